The van der Waals surface area contributed by atoms with Gasteiger partial charge in [-0.1, -0.05) is 59.0 Å². The summed E-state index contributed by atoms with van der Waals surface area (Å²) in [5.74, 6) is 1.03. The van der Waals surface area contributed by atoms with Crippen molar-refractivity contribution in [1.82, 2.24) is 0 Å². The van der Waals surface area contributed by atoms with E-state index in [-0.39, 0.29) is 12.2 Å². The lowest BCUT2D eigenvalue weighted by Gasteiger charge is -2.41. The van der Waals surface area contributed by atoms with Crippen molar-refractivity contribution in [2.45, 2.75) is 77.9 Å². The van der Waals surface area contributed by atoms with Gasteiger partial charge in [0.05, 0.1) is 12.2 Å². The number of ether oxygens (including phenoxy) is 1. The molecule has 0 aliphatic heterocycles. The number of unbranched alkanes of at least 4 members (excludes halogenated alkanes) is 5. The molecule has 118 valence electrons. The molecule has 5 atom stereocenters. The van der Waals surface area contributed by atoms with Crippen LogP contribution in [0.3, 0.4) is 0 Å². The number of aliphatic hydroxyl groups is 1. The fraction of sp³-hybridized carbons (Fsp3) is 0.889. The van der Waals surface area contributed by atoms with E-state index in [9.17, 15) is 5.11 Å². The topological polar surface area (TPSA) is 29.5 Å². The van der Waals surface area contributed by atoms with Gasteiger partial charge in [0, 0.05) is 12.5 Å². The van der Waals surface area contributed by atoms with Gasteiger partial charge in [-0.25, -0.2) is 0 Å². The quantitative estimate of drug-likeness (QED) is 0.496. The van der Waals surface area contributed by atoms with E-state index in [4.69, 9.17) is 4.74 Å². The van der Waals surface area contributed by atoms with Crippen molar-refractivity contribution in [3.05, 3.63) is 12.7 Å². The Kier molecular flexibility index (Phi) is 8.47. The van der Waals surface area contributed by atoms with Crippen LogP contribution < -0.4 is 0 Å². The molecule has 5 unspecified atom stereocenters. The molecule has 1 aliphatic rings. The molecule has 1 aliphatic carbocycles. The SMILES string of the molecule is C=CC1CC(O)C(C)C(C)C1OCCCCCCCC. The standard InChI is InChI=1S/C18H34O2/c1-5-7-8-9-10-11-12-20-18-15(4)14(3)17(19)13-16(18)6-2/h6,14-19H,2,5,7-13H2,1,3-4H3. The Labute approximate surface area is 125 Å². The van der Waals surface area contributed by atoms with E-state index >= 15 is 0 Å². The molecular weight excluding hydrogens is 248 g/mol. The highest BCUT2D eigenvalue weighted by molar-refractivity contribution is 4.96. The molecule has 1 fully saturated rings. The molecule has 1 N–H and O–H groups in total. The first kappa shape index (κ1) is 17.7. The van der Waals surface area contributed by atoms with Gasteiger partial charge in [0.1, 0.15) is 0 Å². The lowest BCUT2D eigenvalue weighted by Crippen LogP contribution is -2.44. The highest BCUT2D eigenvalue weighted by Crippen LogP contribution is 2.36. The molecule has 0 aromatic carbocycles. The maximum Gasteiger partial charge on any atom is 0.0667 e. The lowest BCUT2D eigenvalue weighted by atomic mass is 9.72. The van der Waals surface area contributed by atoms with Gasteiger partial charge < -0.3 is 9.84 Å². The molecule has 0 aromatic rings. The monoisotopic (exact) mass is 282 g/mol. The molecule has 2 nitrogen and oxygen atoms in total. The van der Waals surface area contributed by atoms with Crippen LogP contribution in [0.1, 0.15) is 65.7 Å². The maximum absolute atomic E-state index is 10.1. The zero-order valence-corrected chi connectivity index (χ0v) is 13.7. The van der Waals surface area contributed by atoms with Gasteiger partial charge in [-0.15, -0.1) is 6.58 Å². The van der Waals surface area contributed by atoms with Crippen molar-refractivity contribution >= 4 is 0 Å². The van der Waals surface area contributed by atoms with Gasteiger partial charge in [0.25, 0.3) is 0 Å². The second-order valence-corrected chi connectivity index (χ2v) is 6.52. The Hall–Kier alpha value is -0.340. The van der Waals surface area contributed by atoms with Crippen molar-refractivity contribution in [3.63, 3.8) is 0 Å². The molecule has 0 aromatic heterocycles. The molecule has 0 heterocycles. The predicted molar refractivity (Wildman–Crippen MR) is 85.8 cm³/mol. The third kappa shape index (κ3) is 5.21. The second-order valence-electron chi connectivity index (χ2n) is 6.52. The van der Waals surface area contributed by atoms with Crippen LogP contribution in [0.4, 0.5) is 0 Å². The van der Waals surface area contributed by atoms with Gasteiger partial charge in [-0.3, -0.25) is 0 Å². The third-order valence-corrected chi connectivity index (χ3v) is 5.00. The smallest absolute Gasteiger partial charge is 0.0667 e. The highest BCUT2D eigenvalue weighted by atomic mass is 16.5. The van der Waals surface area contributed by atoms with Crippen LogP contribution in [0.15, 0.2) is 12.7 Å². The molecule has 0 saturated heterocycles. The van der Waals surface area contributed by atoms with E-state index in [1.807, 2.05) is 6.08 Å². The number of hydrogen-bond donors (Lipinski definition) is 1. The first-order valence-corrected chi connectivity index (χ1v) is 8.54. The van der Waals surface area contributed by atoms with Crippen molar-refractivity contribution in [2.24, 2.45) is 17.8 Å². The highest BCUT2D eigenvalue weighted by Gasteiger charge is 2.38. The lowest BCUT2D eigenvalue weighted by molar-refractivity contribution is -0.0901. The van der Waals surface area contributed by atoms with Crippen molar-refractivity contribution in [3.8, 4) is 0 Å². The van der Waals surface area contributed by atoms with E-state index in [2.05, 4.69) is 27.4 Å². The molecule has 20 heavy (non-hydrogen) atoms. The average molecular weight is 282 g/mol. The van der Waals surface area contributed by atoms with E-state index in [0.29, 0.717) is 17.8 Å². The van der Waals surface area contributed by atoms with Gasteiger partial charge in [-0.2, -0.15) is 0 Å². The van der Waals surface area contributed by atoms with E-state index < -0.39 is 0 Å². The molecule has 1 rings (SSSR count). The minimum absolute atomic E-state index is 0.207. The minimum Gasteiger partial charge on any atom is -0.393 e. The first-order chi connectivity index (χ1) is 9.61. The van der Waals surface area contributed by atoms with Crippen LogP contribution in [0.25, 0.3) is 0 Å². The van der Waals surface area contributed by atoms with Crippen LogP contribution in [-0.4, -0.2) is 23.9 Å². The maximum atomic E-state index is 10.1. The molecule has 1 saturated carbocycles. The molecule has 0 radical (unpaired) electrons. The van der Waals surface area contributed by atoms with Crippen LogP contribution in [0.2, 0.25) is 0 Å². The van der Waals surface area contributed by atoms with Crippen LogP contribution in [0.5, 0.6) is 0 Å². The Balaban J connectivity index is 2.27. The van der Waals surface area contributed by atoms with Crippen LogP contribution in [0, 0.1) is 17.8 Å². The Bertz CT molecular complexity index is 264. The summed E-state index contributed by atoms with van der Waals surface area (Å²) in [4.78, 5) is 0. The Morgan fingerprint density at radius 2 is 1.75 bits per heavy atom. The predicted octanol–water partition coefficient (Wildman–Crippen LogP) is 4.57. The third-order valence-electron chi connectivity index (χ3n) is 5.00. The number of rotatable bonds is 9. The van der Waals surface area contributed by atoms with E-state index in [0.717, 1.165) is 19.4 Å². The summed E-state index contributed by atoms with van der Waals surface area (Å²) >= 11 is 0. The van der Waals surface area contributed by atoms with Crippen molar-refractivity contribution in [2.75, 3.05) is 6.61 Å². The summed E-state index contributed by atoms with van der Waals surface area (Å²) in [6, 6.07) is 0. The molecule has 0 bridgehead atoms. The fourth-order valence-electron chi connectivity index (χ4n) is 3.27. The van der Waals surface area contributed by atoms with E-state index in [1.54, 1.807) is 0 Å². The summed E-state index contributed by atoms with van der Waals surface area (Å²) in [5.41, 5.74) is 0. The molecule has 0 amide bonds. The van der Waals surface area contributed by atoms with Gasteiger partial charge in [-0.05, 0) is 24.7 Å². The normalized spacial score (nSPS) is 34.1. The van der Waals surface area contributed by atoms with Gasteiger partial charge in [0.2, 0.25) is 0 Å². The molecule has 0 spiro atoms. The summed E-state index contributed by atoms with van der Waals surface area (Å²) in [5, 5.41) is 10.1. The summed E-state index contributed by atoms with van der Waals surface area (Å²) in [6.07, 6.45) is 10.6. The zero-order chi connectivity index (χ0) is 15.0. The number of aliphatic hydroxyl groups excluding tert-OH is 1. The summed E-state index contributed by atoms with van der Waals surface area (Å²) in [6.45, 7) is 11.4. The Morgan fingerprint density at radius 3 is 2.40 bits per heavy atom. The summed E-state index contributed by atoms with van der Waals surface area (Å²) in [7, 11) is 0. The second kappa shape index (κ2) is 9.57. The van der Waals surface area contributed by atoms with Gasteiger partial charge >= 0.3 is 0 Å². The molecular formula is C18H34O2. The zero-order valence-electron chi connectivity index (χ0n) is 13.7. The Morgan fingerprint density at radius 1 is 1.10 bits per heavy atom. The van der Waals surface area contributed by atoms with Crippen LogP contribution >= 0.6 is 0 Å². The minimum atomic E-state index is -0.207. The molecule has 2 heteroatoms. The van der Waals surface area contributed by atoms with Crippen molar-refractivity contribution < 1.29 is 9.84 Å². The first-order valence-electron chi connectivity index (χ1n) is 8.54. The summed E-state index contributed by atoms with van der Waals surface area (Å²) < 4.78 is 6.14. The van der Waals surface area contributed by atoms with Crippen LogP contribution in [-0.2, 0) is 4.74 Å². The largest absolute Gasteiger partial charge is 0.393 e. The van der Waals surface area contributed by atoms with Gasteiger partial charge in [0.15, 0.2) is 0 Å². The fourth-order valence-corrected chi connectivity index (χ4v) is 3.27. The van der Waals surface area contributed by atoms with Crippen molar-refractivity contribution in [1.29, 1.82) is 0 Å². The number of hydrogen-bond acceptors (Lipinski definition) is 2. The average Bonchev–Trinajstić information content (AvgIpc) is 2.45. The van der Waals surface area contributed by atoms with E-state index in [1.165, 1.54) is 32.1 Å².